The highest BCUT2D eigenvalue weighted by Crippen LogP contribution is 2.27. The quantitative estimate of drug-likeness (QED) is 0.459. The molecule has 0 saturated heterocycles. The molecule has 0 heterocycles. The van der Waals surface area contributed by atoms with Crippen LogP contribution in [0.25, 0.3) is 0 Å². The number of nitro groups is 1. The second-order valence-corrected chi connectivity index (χ2v) is 8.08. The first-order valence-electron chi connectivity index (χ1n) is 8.81. The number of sulfonamides is 1. The normalized spacial score (nSPS) is 11.5. The summed E-state index contributed by atoms with van der Waals surface area (Å²) in [4.78, 5) is 10.2. The van der Waals surface area contributed by atoms with Crippen LogP contribution in [0.4, 0.5) is 5.69 Å². The zero-order chi connectivity index (χ0) is 20.0. The first kappa shape index (κ1) is 19.7. The van der Waals surface area contributed by atoms with Crippen molar-refractivity contribution in [2.24, 2.45) is 0 Å². The van der Waals surface area contributed by atoms with Gasteiger partial charge in [-0.15, -0.1) is 0 Å². The van der Waals surface area contributed by atoms with Crippen molar-refractivity contribution in [3.05, 3.63) is 106 Å². The monoisotopic (exact) mass is 396 g/mol. The van der Waals surface area contributed by atoms with Crippen LogP contribution >= 0.6 is 0 Å². The highest BCUT2D eigenvalue weighted by Gasteiger charge is 2.18. The Labute approximate surface area is 164 Å². The third-order valence-electron chi connectivity index (χ3n) is 4.49. The van der Waals surface area contributed by atoms with Gasteiger partial charge in [-0.3, -0.25) is 10.1 Å². The molecule has 0 saturated carbocycles. The van der Waals surface area contributed by atoms with Gasteiger partial charge in [0.15, 0.2) is 0 Å². The van der Waals surface area contributed by atoms with E-state index in [1.807, 2.05) is 60.7 Å². The maximum atomic E-state index is 12.5. The van der Waals surface area contributed by atoms with Crippen molar-refractivity contribution in [1.82, 2.24) is 4.72 Å². The van der Waals surface area contributed by atoms with Crippen molar-refractivity contribution >= 4 is 15.7 Å². The molecule has 6 nitrogen and oxygen atoms in total. The first-order valence-corrected chi connectivity index (χ1v) is 10.3. The second-order valence-electron chi connectivity index (χ2n) is 6.31. The molecule has 3 aromatic rings. The lowest BCUT2D eigenvalue weighted by atomic mass is 9.89. The fourth-order valence-corrected chi connectivity index (χ4v) is 4.11. The largest absolute Gasteiger partial charge is 0.269 e. The molecule has 0 amide bonds. The fraction of sp³-hybridized carbons (Fsp3) is 0.143. The topological polar surface area (TPSA) is 89.3 Å². The minimum absolute atomic E-state index is 0.00840. The predicted molar refractivity (Wildman–Crippen MR) is 108 cm³/mol. The number of nitrogens with zero attached hydrogens (tertiary/aromatic N) is 1. The van der Waals surface area contributed by atoms with Crippen molar-refractivity contribution in [1.29, 1.82) is 0 Å². The number of hydrogen-bond donors (Lipinski definition) is 1. The van der Waals surface area contributed by atoms with Gasteiger partial charge < -0.3 is 0 Å². The smallest absolute Gasteiger partial charge is 0.258 e. The number of nitro benzene ring substituents is 1. The minimum Gasteiger partial charge on any atom is -0.258 e. The molecule has 0 fully saturated rings. The highest BCUT2D eigenvalue weighted by molar-refractivity contribution is 7.89. The molecule has 7 heteroatoms. The number of benzene rings is 3. The second kappa shape index (κ2) is 8.77. The summed E-state index contributed by atoms with van der Waals surface area (Å²) in [6, 6.07) is 24.7. The summed E-state index contributed by atoms with van der Waals surface area (Å²) >= 11 is 0. The minimum atomic E-state index is -3.74. The Bertz CT molecular complexity index is 982. The van der Waals surface area contributed by atoms with E-state index in [1.54, 1.807) is 0 Å². The maximum Gasteiger partial charge on any atom is 0.269 e. The van der Waals surface area contributed by atoms with Crippen molar-refractivity contribution in [3.8, 4) is 0 Å². The molecule has 0 aliphatic heterocycles. The zero-order valence-corrected chi connectivity index (χ0v) is 15.9. The standard InChI is InChI=1S/C21H20N2O4S/c24-23(25)19-11-13-20(14-12-19)28(26,27)22-16-15-21(17-7-3-1-4-8-17)18-9-5-2-6-10-18/h1-14,21-22H,15-16H2. The molecule has 0 aromatic heterocycles. The summed E-state index contributed by atoms with van der Waals surface area (Å²) in [5.74, 6) is 0.0574. The van der Waals surface area contributed by atoms with Crippen LogP contribution in [-0.4, -0.2) is 19.9 Å². The van der Waals surface area contributed by atoms with Crippen molar-refractivity contribution in [2.75, 3.05) is 6.54 Å². The SMILES string of the molecule is O=[N+]([O-])c1ccc(S(=O)(=O)NCCC(c2ccccc2)c2ccccc2)cc1. The van der Waals surface area contributed by atoms with Crippen LogP contribution in [0.3, 0.4) is 0 Å². The van der Waals surface area contributed by atoms with Crippen LogP contribution in [0.2, 0.25) is 0 Å². The fourth-order valence-electron chi connectivity index (χ4n) is 3.06. The van der Waals surface area contributed by atoms with E-state index in [-0.39, 0.29) is 23.0 Å². The summed E-state index contributed by atoms with van der Waals surface area (Å²) in [6.07, 6.45) is 0.584. The van der Waals surface area contributed by atoms with Crippen molar-refractivity contribution < 1.29 is 13.3 Å². The summed E-state index contributed by atoms with van der Waals surface area (Å²) in [7, 11) is -3.74. The van der Waals surface area contributed by atoms with E-state index in [1.165, 1.54) is 24.3 Å². The molecule has 1 N–H and O–H groups in total. The van der Waals surface area contributed by atoms with Gasteiger partial charge in [0.2, 0.25) is 10.0 Å². The Morgan fingerprint density at radius 3 is 1.79 bits per heavy atom. The Kier molecular flexibility index (Phi) is 6.18. The van der Waals surface area contributed by atoms with Gasteiger partial charge in [0.25, 0.3) is 5.69 Å². The summed E-state index contributed by atoms with van der Waals surface area (Å²) in [5.41, 5.74) is 2.08. The summed E-state index contributed by atoms with van der Waals surface area (Å²) in [6.45, 7) is 0.244. The van der Waals surface area contributed by atoms with Crippen LogP contribution in [-0.2, 0) is 10.0 Å². The van der Waals surface area contributed by atoms with E-state index >= 15 is 0 Å². The number of nitrogens with one attached hydrogen (secondary N) is 1. The van der Waals surface area contributed by atoms with Gasteiger partial charge >= 0.3 is 0 Å². The van der Waals surface area contributed by atoms with Crippen LogP contribution < -0.4 is 4.72 Å². The Morgan fingerprint density at radius 2 is 1.32 bits per heavy atom. The first-order chi connectivity index (χ1) is 13.5. The maximum absolute atomic E-state index is 12.5. The van der Waals surface area contributed by atoms with Gasteiger partial charge in [0.1, 0.15) is 0 Å². The van der Waals surface area contributed by atoms with E-state index in [9.17, 15) is 18.5 Å². The van der Waals surface area contributed by atoms with E-state index in [2.05, 4.69) is 4.72 Å². The molecular weight excluding hydrogens is 376 g/mol. The lowest BCUT2D eigenvalue weighted by Gasteiger charge is -2.18. The Hall–Kier alpha value is -3.03. The third-order valence-corrected chi connectivity index (χ3v) is 5.96. The van der Waals surface area contributed by atoms with E-state index in [0.29, 0.717) is 6.42 Å². The van der Waals surface area contributed by atoms with Crippen LogP contribution in [0.5, 0.6) is 0 Å². The molecule has 0 bridgehead atoms. The molecule has 0 unspecified atom stereocenters. The van der Waals surface area contributed by atoms with Gasteiger partial charge in [0, 0.05) is 24.6 Å². The average molecular weight is 396 g/mol. The van der Waals surface area contributed by atoms with Gasteiger partial charge in [0.05, 0.1) is 9.82 Å². The number of rotatable bonds is 8. The third kappa shape index (κ3) is 4.82. The van der Waals surface area contributed by atoms with Crippen molar-refractivity contribution in [2.45, 2.75) is 17.2 Å². The lowest BCUT2D eigenvalue weighted by molar-refractivity contribution is -0.384. The Balaban J connectivity index is 1.72. The number of non-ortho nitro benzene ring substituents is 1. The molecule has 0 atom stereocenters. The van der Waals surface area contributed by atoms with Gasteiger partial charge in [-0.1, -0.05) is 60.7 Å². The van der Waals surface area contributed by atoms with E-state index in [0.717, 1.165) is 11.1 Å². The van der Waals surface area contributed by atoms with Crippen LogP contribution in [0.15, 0.2) is 89.8 Å². The molecule has 0 radical (unpaired) electrons. The molecular formula is C21H20N2O4S. The van der Waals surface area contributed by atoms with E-state index < -0.39 is 14.9 Å². The molecule has 144 valence electrons. The summed E-state index contributed by atoms with van der Waals surface area (Å²) in [5, 5.41) is 10.7. The molecule has 3 aromatic carbocycles. The van der Waals surface area contributed by atoms with Crippen LogP contribution in [0, 0.1) is 10.1 Å². The predicted octanol–water partition coefficient (Wildman–Crippen LogP) is 4.10. The lowest BCUT2D eigenvalue weighted by Crippen LogP contribution is -2.26. The Morgan fingerprint density at radius 1 is 0.821 bits per heavy atom. The summed E-state index contributed by atoms with van der Waals surface area (Å²) < 4.78 is 27.6. The molecule has 0 aliphatic rings. The number of hydrogen-bond acceptors (Lipinski definition) is 4. The van der Waals surface area contributed by atoms with E-state index in [4.69, 9.17) is 0 Å². The molecule has 28 heavy (non-hydrogen) atoms. The van der Waals surface area contributed by atoms with Crippen LogP contribution in [0.1, 0.15) is 23.5 Å². The molecule has 3 rings (SSSR count). The van der Waals surface area contributed by atoms with Gasteiger partial charge in [-0.05, 0) is 29.7 Å². The molecule has 0 aliphatic carbocycles. The van der Waals surface area contributed by atoms with Gasteiger partial charge in [-0.2, -0.15) is 0 Å². The highest BCUT2D eigenvalue weighted by atomic mass is 32.2. The average Bonchev–Trinajstić information content (AvgIpc) is 2.72. The molecule has 0 spiro atoms. The van der Waals surface area contributed by atoms with Gasteiger partial charge in [-0.25, -0.2) is 13.1 Å². The zero-order valence-electron chi connectivity index (χ0n) is 15.1. The van der Waals surface area contributed by atoms with Crippen molar-refractivity contribution in [3.63, 3.8) is 0 Å².